The molecule has 0 rings (SSSR count). The number of ether oxygens (including phenoxy) is 1. The Balaban J connectivity index is -0.000000495. The molecule has 0 spiro atoms. The summed E-state index contributed by atoms with van der Waals surface area (Å²) in [6, 6.07) is 0. The number of carbonyl (C=O) groups excluding carboxylic acids is 3. The number of aliphatic carboxylic acids is 1. The Labute approximate surface area is 212 Å². The van der Waals surface area contributed by atoms with E-state index in [9.17, 15) is 29.4 Å². The average Bonchev–Trinajstić information content (AvgIpc) is 2.77. The fraction of sp³-hybridized carbons (Fsp3) is 0.833. The lowest BCUT2D eigenvalue weighted by atomic mass is 9.73. The van der Waals surface area contributed by atoms with Crippen molar-refractivity contribution in [3.05, 3.63) is 0 Å². The van der Waals surface area contributed by atoms with Gasteiger partial charge >= 0.3 is 17.9 Å². The Morgan fingerprint density at radius 3 is 1.17 bits per heavy atom. The third-order valence-corrected chi connectivity index (χ3v) is 5.11. The molecule has 12 heteroatoms. The van der Waals surface area contributed by atoms with Crippen molar-refractivity contribution >= 4 is 23.7 Å². The summed E-state index contributed by atoms with van der Waals surface area (Å²) in [6.07, 6.45) is 0. The molecule has 0 unspecified atom stereocenters. The van der Waals surface area contributed by atoms with Gasteiger partial charge in [0.1, 0.15) is 5.41 Å². The van der Waals surface area contributed by atoms with Gasteiger partial charge in [-0.1, -0.05) is 27.7 Å². The van der Waals surface area contributed by atoms with E-state index in [0.717, 1.165) is 13.8 Å². The van der Waals surface area contributed by atoms with Gasteiger partial charge in [0.2, 0.25) is 5.79 Å². The number of ketones is 1. The summed E-state index contributed by atoms with van der Waals surface area (Å²) < 4.78 is 4.56. The Kier molecular flexibility index (Phi) is 15.7. The minimum Gasteiger partial charge on any atom is -0.481 e. The van der Waals surface area contributed by atoms with Crippen LogP contribution < -0.4 is 0 Å². The normalized spacial score (nSPS) is 12.6. The van der Waals surface area contributed by atoms with E-state index in [4.69, 9.17) is 25.5 Å². The van der Waals surface area contributed by atoms with Crippen molar-refractivity contribution in [2.75, 3.05) is 26.4 Å². The summed E-state index contributed by atoms with van der Waals surface area (Å²) >= 11 is 0. The number of aliphatic hydroxyl groups excluding tert-OH is 4. The Bertz CT molecular complexity index is 700. The SMILES string of the molecule is CC(C)(C)C(=O)C(O)(O)C(C)(C)C(=O)O.CC(C)(CO)C(=O)OC(=O)C(C)(C)CO.CC(CO)CO. The molecule has 0 aliphatic rings. The molecule has 0 bridgehead atoms. The zero-order chi connectivity index (χ0) is 29.9. The highest BCUT2D eigenvalue weighted by Crippen LogP contribution is 2.35. The highest BCUT2D eigenvalue weighted by molar-refractivity contribution is 5.95. The zero-order valence-corrected chi connectivity index (χ0v) is 23.1. The van der Waals surface area contributed by atoms with Crippen LogP contribution in [0.1, 0.15) is 69.2 Å². The molecule has 0 fully saturated rings. The van der Waals surface area contributed by atoms with Gasteiger partial charge in [-0.25, -0.2) is 0 Å². The van der Waals surface area contributed by atoms with E-state index in [1.165, 1.54) is 48.5 Å². The van der Waals surface area contributed by atoms with E-state index >= 15 is 0 Å². The molecule has 0 amide bonds. The third kappa shape index (κ3) is 11.8. The van der Waals surface area contributed by atoms with Gasteiger partial charge in [-0.05, 0) is 41.5 Å². The summed E-state index contributed by atoms with van der Waals surface area (Å²) in [5, 5.41) is 62.2. The smallest absolute Gasteiger partial charge is 0.321 e. The molecule has 0 aromatic carbocycles. The van der Waals surface area contributed by atoms with Crippen molar-refractivity contribution in [2.24, 2.45) is 27.6 Å². The second kappa shape index (κ2) is 14.7. The fourth-order valence-corrected chi connectivity index (χ4v) is 1.50. The van der Waals surface area contributed by atoms with E-state index in [-0.39, 0.29) is 19.1 Å². The van der Waals surface area contributed by atoms with E-state index < -0.39 is 64.4 Å². The number of carboxylic acid groups (broad SMARTS) is 1. The Morgan fingerprint density at radius 1 is 0.694 bits per heavy atom. The van der Waals surface area contributed by atoms with E-state index in [0.29, 0.717) is 0 Å². The van der Waals surface area contributed by atoms with Crippen LogP contribution >= 0.6 is 0 Å². The quantitative estimate of drug-likeness (QED) is 0.121. The Morgan fingerprint density at radius 2 is 1.00 bits per heavy atom. The molecule has 0 aromatic heterocycles. The van der Waals surface area contributed by atoms with Crippen LogP contribution in [0.5, 0.6) is 0 Å². The van der Waals surface area contributed by atoms with Gasteiger partial charge < -0.3 is 40.5 Å². The van der Waals surface area contributed by atoms with E-state index in [2.05, 4.69) is 4.74 Å². The first-order valence-corrected chi connectivity index (χ1v) is 11.3. The predicted molar refractivity (Wildman–Crippen MR) is 129 cm³/mol. The maximum absolute atomic E-state index is 11.7. The number of carbonyl (C=O) groups is 4. The fourth-order valence-electron chi connectivity index (χ4n) is 1.50. The molecular formula is C24H46O12. The maximum Gasteiger partial charge on any atom is 0.321 e. The van der Waals surface area contributed by atoms with Gasteiger partial charge in [-0.3, -0.25) is 19.2 Å². The molecule has 0 saturated carbocycles. The second-order valence-electron chi connectivity index (χ2n) is 11.4. The van der Waals surface area contributed by atoms with Gasteiger partial charge in [-0.15, -0.1) is 0 Å². The van der Waals surface area contributed by atoms with Crippen molar-refractivity contribution < 1.29 is 59.7 Å². The maximum atomic E-state index is 11.7. The first-order valence-electron chi connectivity index (χ1n) is 11.3. The van der Waals surface area contributed by atoms with Crippen LogP contribution in [0.25, 0.3) is 0 Å². The molecule has 0 aliphatic heterocycles. The lowest BCUT2D eigenvalue weighted by Crippen LogP contribution is -2.58. The van der Waals surface area contributed by atoms with Gasteiger partial charge in [0.25, 0.3) is 0 Å². The van der Waals surface area contributed by atoms with Crippen LogP contribution in [0.15, 0.2) is 0 Å². The monoisotopic (exact) mass is 526 g/mol. The number of aliphatic hydroxyl groups is 6. The first kappa shape index (κ1) is 38.6. The average molecular weight is 527 g/mol. The number of carboxylic acids is 1. The molecule has 214 valence electrons. The summed E-state index contributed by atoms with van der Waals surface area (Å²) in [4.78, 5) is 45.3. The standard InChI is InChI=1S/2C10H18O5.C4H10O2/c1-9(2,5-11)7(13)15-8(14)10(3,4)6-12;1-8(2,3)6(11)10(14,15)9(4,5)7(12)13;1-4(2-5)3-6/h11-12H,5-6H2,1-4H3;14-15H,1-5H3,(H,12,13);4-6H,2-3H2,1H3. The highest BCUT2D eigenvalue weighted by Gasteiger charge is 2.56. The van der Waals surface area contributed by atoms with Crippen molar-refractivity contribution in [1.82, 2.24) is 0 Å². The minimum atomic E-state index is -2.88. The van der Waals surface area contributed by atoms with Crippen LogP contribution in [0, 0.1) is 27.6 Å². The van der Waals surface area contributed by atoms with Crippen LogP contribution in [0.3, 0.4) is 0 Å². The molecule has 0 aliphatic carbocycles. The number of rotatable bonds is 9. The summed E-state index contributed by atoms with van der Waals surface area (Å²) in [5.41, 5.74) is -5.18. The molecule has 0 saturated heterocycles. The van der Waals surface area contributed by atoms with Gasteiger partial charge in [0.05, 0.1) is 24.0 Å². The van der Waals surface area contributed by atoms with Crippen molar-refractivity contribution in [3.63, 3.8) is 0 Å². The van der Waals surface area contributed by atoms with Gasteiger partial charge in [0, 0.05) is 24.5 Å². The van der Waals surface area contributed by atoms with Crippen LogP contribution in [0.4, 0.5) is 0 Å². The van der Waals surface area contributed by atoms with Crippen LogP contribution in [0.2, 0.25) is 0 Å². The van der Waals surface area contributed by atoms with E-state index in [1.807, 2.05) is 0 Å². The number of esters is 2. The molecule has 36 heavy (non-hydrogen) atoms. The van der Waals surface area contributed by atoms with Crippen molar-refractivity contribution in [1.29, 1.82) is 0 Å². The summed E-state index contributed by atoms with van der Waals surface area (Å²) in [7, 11) is 0. The van der Waals surface area contributed by atoms with Crippen LogP contribution in [-0.4, -0.2) is 91.7 Å². The molecule has 0 radical (unpaired) electrons. The molecule has 7 N–H and O–H groups in total. The lowest BCUT2D eigenvalue weighted by Gasteiger charge is -2.37. The topological polar surface area (TPSA) is 219 Å². The first-order chi connectivity index (χ1) is 15.8. The van der Waals surface area contributed by atoms with E-state index in [1.54, 1.807) is 6.92 Å². The van der Waals surface area contributed by atoms with Gasteiger partial charge in [-0.2, -0.15) is 0 Å². The number of Topliss-reactive ketones (excluding diaryl/α,β-unsaturated/α-hetero) is 1. The summed E-state index contributed by atoms with van der Waals surface area (Å²) in [5.74, 6) is -6.78. The number of hydrogen-bond acceptors (Lipinski definition) is 11. The van der Waals surface area contributed by atoms with Crippen LogP contribution in [-0.2, 0) is 23.9 Å². The number of hydrogen-bond donors (Lipinski definition) is 7. The van der Waals surface area contributed by atoms with Crippen molar-refractivity contribution in [3.8, 4) is 0 Å². The molecule has 0 atom stereocenters. The molecule has 12 nitrogen and oxygen atoms in total. The summed E-state index contributed by atoms with van der Waals surface area (Å²) in [6.45, 7) is 13.7. The lowest BCUT2D eigenvalue weighted by molar-refractivity contribution is -0.235. The molecular weight excluding hydrogens is 480 g/mol. The molecule has 0 heterocycles. The highest BCUT2D eigenvalue weighted by atomic mass is 16.6. The largest absolute Gasteiger partial charge is 0.481 e. The molecule has 0 aromatic rings. The zero-order valence-electron chi connectivity index (χ0n) is 23.1. The minimum absolute atomic E-state index is 0.0463. The van der Waals surface area contributed by atoms with Gasteiger partial charge in [0.15, 0.2) is 5.78 Å². The van der Waals surface area contributed by atoms with Crippen molar-refractivity contribution in [2.45, 2.75) is 75.0 Å². The predicted octanol–water partition coefficient (Wildman–Crippen LogP) is 0.0936. The second-order valence-corrected chi connectivity index (χ2v) is 11.4. The third-order valence-electron chi connectivity index (χ3n) is 5.11. The Hall–Kier alpha value is -1.96.